The summed E-state index contributed by atoms with van der Waals surface area (Å²) >= 11 is 0. The zero-order valence-electron chi connectivity index (χ0n) is 13.1. The SMILES string of the molecule is CCc1ccc(S(=O)(=O)[C@@H]2CS(=O)(=O)C[C@H]2NC(C)C)cc1. The second-order valence-electron chi connectivity index (χ2n) is 6.09. The van der Waals surface area contributed by atoms with Gasteiger partial charge in [-0.05, 0) is 24.1 Å². The van der Waals surface area contributed by atoms with Gasteiger partial charge in [0.1, 0.15) is 0 Å². The van der Waals surface area contributed by atoms with Crippen molar-refractivity contribution in [2.45, 2.75) is 49.4 Å². The average molecular weight is 345 g/mol. The van der Waals surface area contributed by atoms with Crippen molar-refractivity contribution in [3.8, 4) is 0 Å². The molecule has 1 aliphatic rings. The van der Waals surface area contributed by atoms with Gasteiger partial charge in [-0.25, -0.2) is 16.8 Å². The average Bonchev–Trinajstić information content (AvgIpc) is 2.73. The smallest absolute Gasteiger partial charge is 0.183 e. The van der Waals surface area contributed by atoms with E-state index >= 15 is 0 Å². The van der Waals surface area contributed by atoms with Gasteiger partial charge in [0.15, 0.2) is 19.7 Å². The van der Waals surface area contributed by atoms with Gasteiger partial charge in [0.05, 0.1) is 21.7 Å². The Hall–Kier alpha value is -0.920. The van der Waals surface area contributed by atoms with Gasteiger partial charge >= 0.3 is 0 Å². The molecule has 0 saturated carbocycles. The van der Waals surface area contributed by atoms with Crippen LogP contribution < -0.4 is 5.32 Å². The van der Waals surface area contributed by atoms with Crippen molar-refractivity contribution in [1.82, 2.24) is 5.32 Å². The van der Waals surface area contributed by atoms with Crippen molar-refractivity contribution in [3.63, 3.8) is 0 Å². The second kappa shape index (κ2) is 6.29. The third-order valence-electron chi connectivity index (χ3n) is 3.91. The van der Waals surface area contributed by atoms with Crippen LogP contribution in [-0.2, 0) is 26.1 Å². The monoisotopic (exact) mass is 345 g/mol. The quantitative estimate of drug-likeness (QED) is 0.867. The molecule has 1 N–H and O–H groups in total. The first-order valence-corrected chi connectivity index (χ1v) is 10.8. The van der Waals surface area contributed by atoms with Gasteiger partial charge in [-0.15, -0.1) is 0 Å². The first-order valence-electron chi connectivity index (χ1n) is 7.45. The minimum Gasteiger partial charge on any atom is -0.309 e. The van der Waals surface area contributed by atoms with Gasteiger partial charge in [-0.2, -0.15) is 0 Å². The lowest BCUT2D eigenvalue weighted by molar-refractivity contribution is 0.484. The molecule has 0 aliphatic carbocycles. The summed E-state index contributed by atoms with van der Waals surface area (Å²) in [6.45, 7) is 5.75. The van der Waals surface area contributed by atoms with Crippen LogP contribution in [0.5, 0.6) is 0 Å². The van der Waals surface area contributed by atoms with Crippen molar-refractivity contribution in [3.05, 3.63) is 29.8 Å². The highest BCUT2D eigenvalue weighted by Crippen LogP contribution is 2.26. The van der Waals surface area contributed by atoms with Gasteiger partial charge in [-0.3, -0.25) is 0 Å². The van der Waals surface area contributed by atoms with E-state index in [0.717, 1.165) is 12.0 Å². The summed E-state index contributed by atoms with van der Waals surface area (Å²) in [5.41, 5.74) is 1.05. The van der Waals surface area contributed by atoms with E-state index in [4.69, 9.17) is 0 Å². The molecular formula is C15H23NO4S2. The summed E-state index contributed by atoms with van der Waals surface area (Å²) in [5, 5.41) is 2.16. The van der Waals surface area contributed by atoms with Gasteiger partial charge in [-0.1, -0.05) is 32.9 Å². The predicted molar refractivity (Wildman–Crippen MR) is 87.5 cm³/mol. The van der Waals surface area contributed by atoms with Crippen LogP contribution in [0.25, 0.3) is 0 Å². The molecule has 0 unspecified atom stereocenters. The summed E-state index contributed by atoms with van der Waals surface area (Å²) in [4.78, 5) is 0.197. The minimum atomic E-state index is -3.67. The number of rotatable bonds is 5. The molecule has 0 aromatic heterocycles. The Kier molecular flexibility index (Phi) is 4.99. The summed E-state index contributed by atoms with van der Waals surface area (Å²) < 4.78 is 49.4. The molecular weight excluding hydrogens is 322 g/mol. The van der Waals surface area contributed by atoms with Gasteiger partial charge < -0.3 is 5.32 Å². The highest BCUT2D eigenvalue weighted by atomic mass is 32.2. The fourth-order valence-corrected chi connectivity index (χ4v) is 7.47. The Balaban J connectivity index is 2.36. The molecule has 0 amide bonds. The number of hydrogen-bond acceptors (Lipinski definition) is 5. The van der Waals surface area contributed by atoms with Crippen LogP contribution in [0.4, 0.5) is 0 Å². The molecule has 5 nitrogen and oxygen atoms in total. The van der Waals surface area contributed by atoms with E-state index < -0.39 is 31.0 Å². The number of nitrogens with one attached hydrogen (secondary N) is 1. The molecule has 1 fully saturated rings. The second-order valence-corrected chi connectivity index (χ2v) is 10.4. The standard InChI is InChI=1S/C15H23NO4S2/c1-4-12-5-7-13(8-6-12)22(19,20)15-10-21(17,18)9-14(15)16-11(2)3/h5-8,11,14-16H,4,9-10H2,1-3H3/t14-,15-/m1/s1. The summed E-state index contributed by atoms with van der Waals surface area (Å²) in [7, 11) is -7.01. The number of aryl methyl sites for hydroxylation is 1. The molecule has 2 atom stereocenters. The van der Waals surface area contributed by atoms with Crippen molar-refractivity contribution in [1.29, 1.82) is 0 Å². The summed E-state index contributed by atoms with van der Waals surface area (Å²) in [6, 6.07) is 6.18. The van der Waals surface area contributed by atoms with Crippen molar-refractivity contribution < 1.29 is 16.8 Å². The Morgan fingerprint density at radius 3 is 2.27 bits per heavy atom. The predicted octanol–water partition coefficient (Wildman–Crippen LogP) is 1.19. The molecule has 2 rings (SSSR count). The van der Waals surface area contributed by atoms with Crippen LogP contribution in [0.2, 0.25) is 0 Å². The third kappa shape index (κ3) is 3.70. The number of sulfone groups is 2. The van der Waals surface area contributed by atoms with Crippen molar-refractivity contribution in [2.24, 2.45) is 0 Å². The summed E-state index contributed by atoms with van der Waals surface area (Å²) in [6.07, 6.45) is 0.829. The van der Waals surface area contributed by atoms with E-state index in [1.807, 2.05) is 20.8 Å². The van der Waals surface area contributed by atoms with Gasteiger partial charge in [0.25, 0.3) is 0 Å². The largest absolute Gasteiger partial charge is 0.309 e. The number of benzene rings is 1. The first kappa shape index (κ1) is 17.4. The zero-order valence-corrected chi connectivity index (χ0v) is 14.7. The lowest BCUT2D eigenvalue weighted by Crippen LogP contribution is -2.46. The van der Waals surface area contributed by atoms with Gasteiger partial charge in [0.2, 0.25) is 0 Å². The maximum atomic E-state index is 12.8. The van der Waals surface area contributed by atoms with Crippen LogP contribution >= 0.6 is 0 Å². The molecule has 1 saturated heterocycles. The first-order chi connectivity index (χ1) is 10.2. The van der Waals surface area contributed by atoms with Crippen molar-refractivity contribution in [2.75, 3.05) is 11.5 Å². The third-order valence-corrected chi connectivity index (χ3v) is 8.07. The van der Waals surface area contributed by atoms with E-state index in [2.05, 4.69) is 5.32 Å². The molecule has 1 aromatic rings. The lowest BCUT2D eigenvalue weighted by Gasteiger charge is -2.22. The van der Waals surface area contributed by atoms with E-state index in [-0.39, 0.29) is 22.4 Å². The van der Waals surface area contributed by atoms with Crippen molar-refractivity contribution >= 4 is 19.7 Å². The molecule has 1 heterocycles. The van der Waals surface area contributed by atoms with Crippen LogP contribution in [0, 0.1) is 0 Å². The fraction of sp³-hybridized carbons (Fsp3) is 0.600. The Morgan fingerprint density at radius 2 is 1.77 bits per heavy atom. The lowest BCUT2D eigenvalue weighted by atomic mass is 10.2. The Morgan fingerprint density at radius 1 is 1.18 bits per heavy atom. The Bertz CT molecular complexity index is 721. The zero-order chi connectivity index (χ0) is 16.5. The molecule has 0 radical (unpaired) electrons. The summed E-state index contributed by atoms with van der Waals surface area (Å²) in [5.74, 6) is -0.433. The highest BCUT2D eigenvalue weighted by molar-refractivity contribution is 7.96. The molecule has 1 aromatic carbocycles. The normalized spacial score (nSPS) is 24.7. The maximum absolute atomic E-state index is 12.8. The molecule has 124 valence electrons. The van der Waals surface area contributed by atoms with Crippen LogP contribution in [0.15, 0.2) is 29.2 Å². The van der Waals surface area contributed by atoms with Crippen LogP contribution in [0.1, 0.15) is 26.3 Å². The van der Waals surface area contributed by atoms with Gasteiger partial charge in [0, 0.05) is 12.1 Å². The van der Waals surface area contributed by atoms with E-state index in [1.165, 1.54) is 0 Å². The van der Waals surface area contributed by atoms with Crippen LogP contribution in [0.3, 0.4) is 0 Å². The topological polar surface area (TPSA) is 80.3 Å². The fourth-order valence-electron chi connectivity index (χ4n) is 2.79. The Labute approximate surface area is 133 Å². The molecule has 7 heteroatoms. The van der Waals surface area contributed by atoms with Crippen LogP contribution in [-0.4, -0.2) is 45.7 Å². The molecule has 1 aliphatic heterocycles. The molecule has 22 heavy (non-hydrogen) atoms. The highest BCUT2D eigenvalue weighted by Gasteiger charge is 2.45. The van der Waals surface area contributed by atoms with E-state index in [9.17, 15) is 16.8 Å². The number of hydrogen-bond donors (Lipinski definition) is 1. The van der Waals surface area contributed by atoms with E-state index in [0.29, 0.717) is 0 Å². The maximum Gasteiger partial charge on any atom is 0.183 e. The molecule has 0 spiro atoms. The molecule has 0 bridgehead atoms. The van der Waals surface area contributed by atoms with E-state index in [1.54, 1.807) is 24.3 Å². The minimum absolute atomic E-state index is 0.0264.